The SMILES string of the molecule is CCCCCC(CCCC)N1CCC2(CCNCC2)C1. The van der Waals surface area contributed by atoms with Gasteiger partial charge in [0.2, 0.25) is 0 Å². The first-order valence-electron chi connectivity index (χ1n) is 9.24. The molecule has 0 radical (unpaired) electrons. The largest absolute Gasteiger partial charge is 0.317 e. The molecule has 0 bridgehead atoms. The molecule has 2 saturated heterocycles. The van der Waals surface area contributed by atoms with Crippen molar-refractivity contribution in [1.29, 1.82) is 0 Å². The smallest absolute Gasteiger partial charge is 0.00954 e. The molecule has 0 aromatic rings. The van der Waals surface area contributed by atoms with Crippen LogP contribution in [0.1, 0.15) is 78.1 Å². The van der Waals surface area contributed by atoms with Gasteiger partial charge in [0, 0.05) is 12.6 Å². The van der Waals surface area contributed by atoms with Crippen LogP contribution in [0.3, 0.4) is 0 Å². The van der Waals surface area contributed by atoms with Crippen molar-refractivity contribution in [2.24, 2.45) is 5.41 Å². The van der Waals surface area contributed by atoms with E-state index in [2.05, 4.69) is 24.1 Å². The molecular formula is C18H36N2. The molecule has 2 heteroatoms. The van der Waals surface area contributed by atoms with Gasteiger partial charge in [0.05, 0.1) is 0 Å². The number of hydrogen-bond acceptors (Lipinski definition) is 2. The van der Waals surface area contributed by atoms with E-state index in [0.29, 0.717) is 5.41 Å². The Kier molecular flexibility index (Phi) is 6.83. The highest BCUT2D eigenvalue weighted by atomic mass is 15.2. The molecule has 2 nitrogen and oxygen atoms in total. The van der Waals surface area contributed by atoms with E-state index in [1.165, 1.54) is 90.4 Å². The van der Waals surface area contributed by atoms with Crippen LogP contribution in [0.5, 0.6) is 0 Å². The van der Waals surface area contributed by atoms with Gasteiger partial charge in [-0.1, -0.05) is 46.0 Å². The van der Waals surface area contributed by atoms with E-state index in [-0.39, 0.29) is 0 Å². The van der Waals surface area contributed by atoms with E-state index >= 15 is 0 Å². The van der Waals surface area contributed by atoms with Crippen molar-refractivity contribution in [2.75, 3.05) is 26.2 Å². The fourth-order valence-electron chi connectivity index (χ4n) is 4.23. The predicted molar refractivity (Wildman–Crippen MR) is 88.2 cm³/mol. The number of likely N-dealkylation sites (tertiary alicyclic amines) is 1. The lowest BCUT2D eigenvalue weighted by molar-refractivity contribution is 0.155. The summed E-state index contributed by atoms with van der Waals surface area (Å²) in [6.45, 7) is 9.94. The number of rotatable bonds is 8. The molecule has 2 heterocycles. The van der Waals surface area contributed by atoms with Crippen molar-refractivity contribution in [3.05, 3.63) is 0 Å². The molecule has 2 aliphatic heterocycles. The van der Waals surface area contributed by atoms with Crippen molar-refractivity contribution >= 4 is 0 Å². The zero-order valence-electron chi connectivity index (χ0n) is 13.9. The van der Waals surface area contributed by atoms with Crippen molar-refractivity contribution < 1.29 is 0 Å². The predicted octanol–water partition coefficient (Wildman–Crippen LogP) is 4.20. The second-order valence-corrected chi connectivity index (χ2v) is 7.26. The van der Waals surface area contributed by atoms with Crippen molar-refractivity contribution in [3.63, 3.8) is 0 Å². The summed E-state index contributed by atoms with van der Waals surface area (Å²) in [6.07, 6.45) is 14.2. The lowest BCUT2D eigenvalue weighted by atomic mass is 9.78. The number of piperidine rings is 1. The van der Waals surface area contributed by atoms with Crippen LogP contribution in [-0.4, -0.2) is 37.1 Å². The highest BCUT2D eigenvalue weighted by molar-refractivity contribution is 4.95. The molecule has 1 atom stereocenters. The summed E-state index contributed by atoms with van der Waals surface area (Å²) < 4.78 is 0. The maximum absolute atomic E-state index is 3.54. The third-order valence-corrected chi connectivity index (χ3v) is 5.68. The second kappa shape index (κ2) is 8.38. The highest BCUT2D eigenvalue weighted by Crippen LogP contribution is 2.40. The van der Waals surface area contributed by atoms with Crippen LogP contribution in [0.2, 0.25) is 0 Å². The summed E-state index contributed by atoms with van der Waals surface area (Å²) in [5, 5.41) is 3.54. The zero-order chi connectivity index (χ0) is 14.3. The topological polar surface area (TPSA) is 15.3 Å². The van der Waals surface area contributed by atoms with Gasteiger partial charge >= 0.3 is 0 Å². The average Bonchev–Trinajstić information content (AvgIpc) is 2.87. The number of hydrogen-bond donors (Lipinski definition) is 1. The Bertz CT molecular complexity index is 256. The molecule has 118 valence electrons. The molecule has 2 aliphatic rings. The zero-order valence-corrected chi connectivity index (χ0v) is 13.9. The van der Waals surface area contributed by atoms with E-state index < -0.39 is 0 Å². The molecule has 0 amide bonds. The third kappa shape index (κ3) is 4.46. The minimum atomic E-state index is 0.681. The molecule has 0 saturated carbocycles. The molecule has 20 heavy (non-hydrogen) atoms. The molecule has 0 aliphatic carbocycles. The lowest BCUT2D eigenvalue weighted by Crippen LogP contribution is -2.41. The van der Waals surface area contributed by atoms with E-state index in [4.69, 9.17) is 0 Å². The van der Waals surface area contributed by atoms with Gasteiger partial charge in [-0.05, 0) is 57.2 Å². The normalized spacial score (nSPS) is 24.3. The maximum Gasteiger partial charge on any atom is 0.00954 e. The monoisotopic (exact) mass is 280 g/mol. The van der Waals surface area contributed by atoms with E-state index in [0.717, 1.165) is 6.04 Å². The maximum atomic E-state index is 3.54. The van der Waals surface area contributed by atoms with E-state index in [1.807, 2.05) is 0 Å². The van der Waals surface area contributed by atoms with Gasteiger partial charge in [0.1, 0.15) is 0 Å². The summed E-state index contributed by atoms with van der Waals surface area (Å²) in [5.74, 6) is 0. The van der Waals surface area contributed by atoms with Gasteiger partial charge in [-0.3, -0.25) is 4.90 Å². The summed E-state index contributed by atoms with van der Waals surface area (Å²) in [5.41, 5.74) is 0.681. The Morgan fingerprint density at radius 3 is 2.35 bits per heavy atom. The number of nitrogens with zero attached hydrogens (tertiary/aromatic N) is 1. The van der Waals surface area contributed by atoms with Gasteiger partial charge in [0.25, 0.3) is 0 Å². The van der Waals surface area contributed by atoms with E-state index in [1.54, 1.807) is 0 Å². The van der Waals surface area contributed by atoms with Gasteiger partial charge in [-0.25, -0.2) is 0 Å². The molecule has 1 unspecified atom stereocenters. The Labute approximate surface area is 126 Å². The minimum Gasteiger partial charge on any atom is -0.317 e. The van der Waals surface area contributed by atoms with Crippen molar-refractivity contribution in [3.8, 4) is 0 Å². The van der Waals surface area contributed by atoms with Gasteiger partial charge in [-0.15, -0.1) is 0 Å². The van der Waals surface area contributed by atoms with Crippen molar-refractivity contribution in [1.82, 2.24) is 10.2 Å². The Hall–Kier alpha value is -0.0800. The summed E-state index contributed by atoms with van der Waals surface area (Å²) in [4.78, 5) is 2.87. The molecule has 2 rings (SSSR count). The fraction of sp³-hybridized carbons (Fsp3) is 1.00. The highest BCUT2D eigenvalue weighted by Gasteiger charge is 2.40. The molecule has 0 aromatic heterocycles. The van der Waals surface area contributed by atoms with Crippen LogP contribution in [0, 0.1) is 5.41 Å². The fourth-order valence-corrected chi connectivity index (χ4v) is 4.23. The van der Waals surface area contributed by atoms with Gasteiger partial charge < -0.3 is 5.32 Å². The van der Waals surface area contributed by atoms with Crippen LogP contribution in [0.25, 0.3) is 0 Å². The number of nitrogens with one attached hydrogen (secondary N) is 1. The summed E-state index contributed by atoms with van der Waals surface area (Å²) >= 11 is 0. The van der Waals surface area contributed by atoms with Crippen LogP contribution in [0.4, 0.5) is 0 Å². The molecular weight excluding hydrogens is 244 g/mol. The first kappa shape index (κ1) is 16.3. The van der Waals surface area contributed by atoms with Crippen molar-refractivity contribution in [2.45, 2.75) is 84.1 Å². The standard InChI is InChI=1S/C18H36N2/c1-3-5-7-9-17(8-6-4-2)20-15-12-18(16-20)10-13-19-14-11-18/h17,19H,3-16H2,1-2H3. The average molecular weight is 280 g/mol. The van der Waals surface area contributed by atoms with E-state index in [9.17, 15) is 0 Å². The Balaban J connectivity index is 1.84. The van der Waals surface area contributed by atoms with Gasteiger partial charge in [0.15, 0.2) is 0 Å². The van der Waals surface area contributed by atoms with Gasteiger partial charge in [-0.2, -0.15) is 0 Å². The lowest BCUT2D eigenvalue weighted by Gasteiger charge is -2.35. The van der Waals surface area contributed by atoms with Crippen LogP contribution >= 0.6 is 0 Å². The summed E-state index contributed by atoms with van der Waals surface area (Å²) in [6, 6.07) is 0.885. The van der Waals surface area contributed by atoms with Crippen LogP contribution in [0.15, 0.2) is 0 Å². The third-order valence-electron chi connectivity index (χ3n) is 5.68. The first-order chi connectivity index (χ1) is 9.79. The minimum absolute atomic E-state index is 0.681. The Morgan fingerprint density at radius 1 is 0.950 bits per heavy atom. The molecule has 2 fully saturated rings. The summed E-state index contributed by atoms with van der Waals surface area (Å²) in [7, 11) is 0. The quantitative estimate of drug-likeness (QED) is 0.670. The molecule has 0 aromatic carbocycles. The molecule has 1 N–H and O–H groups in total. The van der Waals surface area contributed by atoms with Crippen LogP contribution < -0.4 is 5.32 Å². The van der Waals surface area contributed by atoms with Crippen LogP contribution in [-0.2, 0) is 0 Å². The Morgan fingerprint density at radius 2 is 1.65 bits per heavy atom. The first-order valence-corrected chi connectivity index (χ1v) is 9.24. The number of unbranched alkanes of at least 4 members (excludes halogenated alkanes) is 3. The second-order valence-electron chi connectivity index (χ2n) is 7.26. The molecule has 1 spiro atoms.